The van der Waals surface area contributed by atoms with Crippen molar-refractivity contribution in [3.8, 4) is 0 Å². The molecule has 0 saturated heterocycles. The second-order valence-electron chi connectivity index (χ2n) is 9.02. The standard InChI is InChI=1S/C33H33N3O2/c1-2-34-32(37)29-19-21-30(22-20-29)35-33(38)31(23-18-26-12-6-3-7-13-26)36(24-27-14-8-4-9-15-27)25-28-16-10-5-11-17-28/h3-23,31H,2,24-25H2,1H3,(H,34,37)(H,35,38)/b23-18+. The molecule has 4 aromatic carbocycles. The summed E-state index contributed by atoms with van der Waals surface area (Å²) >= 11 is 0. The van der Waals surface area contributed by atoms with Crippen LogP contribution in [0, 0.1) is 0 Å². The van der Waals surface area contributed by atoms with Crippen molar-refractivity contribution < 1.29 is 9.59 Å². The first-order chi connectivity index (χ1) is 18.6. The Morgan fingerprint density at radius 1 is 0.737 bits per heavy atom. The predicted octanol–water partition coefficient (Wildman–Crippen LogP) is 6.16. The molecule has 0 aliphatic heterocycles. The Hall–Kier alpha value is -4.48. The predicted molar refractivity (Wildman–Crippen MR) is 154 cm³/mol. The molecule has 4 rings (SSSR count). The minimum atomic E-state index is -0.543. The van der Waals surface area contributed by atoms with Crippen LogP contribution in [0.1, 0.15) is 34.0 Å². The number of anilines is 1. The van der Waals surface area contributed by atoms with Gasteiger partial charge in [0, 0.05) is 30.9 Å². The van der Waals surface area contributed by atoms with E-state index in [1.807, 2.05) is 85.8 Å². The lowest BCUT2D eigenvalue weighted by atomic mass is 10.1. The first kappa shape index (κ1) is 26.6. The van der Waals surface area contributed by atoms with Crippen LogP contribution >= 0.6 is 0 Å². The Labute approximate surface area is 224 Å². The van der Waals surface area contributed by atoms with E-state index in [1.54, 1.807) is 24.3 Å². The molecule has 1 unspecified atom stereocenters. The minimum Gasteiger partial charge on any atom is -0.352 e. The highest BCUT2D eigenvalue weighted by Gasteiger charge is 2.24. The average molecular weight is 504 g/mol. The molecule has 4 aromatic rings. The summed E-state index contributed by atoms with van der Waals surface area (Å²) in [6.07, 6.45) is 3.95. The van der Waals surface area contributed by atoms with E-state index < -0.39 is 6.04 Å². The topological polar surface area (TPSA) is 61.4 Å². The Morgan fingerprint density at radius 3 is 1.79 bits per heavy atom. The van der Waals surface area contributed by atoms with Crippen LogP contribution in [0.5, 0.6) is 0 Å². The minimum absolute atomic E-state index is 0.133. The molecule has 0 saturated carbocycles. The largest absolute Gasteiger partial charge is 0.352 e. The molecule has 0 aliphatic carbocycles. The highest BCUT2D eigenvalue weighted by atomic mass is 16.2. The molecule has 0 aromatic heterocycles. The van der Waals surface area contributed by atoms with Gasteiger partial charge in [-0.25, -0.2) is 0 Å². The molecule has 0 aliphatic rings. The Bertz CT molecular complexity index is 1280. The van der Waals surface area contributed by atoms with Crippen LogP contribution in [0.25, 0.3) is 6.08 Å². The van der Waals surface area contributed by atoms with Gasteiger partial charge in [0.15, 0.2) is 0 Å². The van der Waals surface area contributed by atoms with E-state index in [0.29, 0.717) is 30.9 Å². The lowest BCUT2D eigenvalue weighted by Crippen LogP contribution is -2.42. The fourth-order valence-electron chi connectivity index (χ4n) is 4.21. The van der Waals surface area contributed by atoms with Crippen molar-refractivity contribution in [1.29, 1.82) is 0 Å². The third-order valence-corrected chi connectivity index (χ3v) is 6.14. The summed E-state index contributed by atoms with van der Waals surface area (Å²) in [6.45, 7) is 3.64. The second kappa shape index (κ2) is 13.7. The number of carbonyl (C=O) groups excluding carboxylic acids is 2. The first-order valence-electron chi connectivity index (χ1n) is 12.9. The molecule has 0 fully saturated rings. The zero-order valence-corrected chi connectivity index (χ0v) is 21.6. The number of hydrogen-bond acceptors (Lipinski definition) is 3. The highest BCUT2D eigenvalue weighted by molar-refractivity contribution is 5.98. The van der Waals surface area contributed by atoms with Crippen molar-refractivity contribution in [2.75, 3.05) is 11.9 Å². The van der Waals surface area contributed by atoms with Gasteiger partial charge in [0.2, 0.25) is 5.91 Å². The van der Waals surface area contributed by atoms with Crippen molar-refractivity contribution in [2.24, 2.45) is 0 Å². The van der Waals surface area contributed by atoms with E-state index >= 15 is 0 Å². The zero-order chi connectivity index (χ0) is 26.6. The van der Waals surface area contributed by atoms with Crippen molar-refractivity contribution in [1.82, 2.24) is 10.2 Å². The highest BCUT2D eigenvalue weighted by Crippen LogP contribution is 2.18. The summed E-state index contributed by atoms with van der Waals surface area (Å²) in [5, 5.41) is 5.86. The van der Waals surface area contributed by atoms with Gasteiger partial charge >= 0.3 is 0 Å². The second-order valence-corrected chi connectivity index (χ2v) is 9.02. The van der Waals surface area contributed by atoms with Crippen molar-refractivity contribution in [2.45, 2.75) is 26.1 Å². The molecule has 5 nitrogen and oxygen atoms in total. The number of rotatable bonds is 11. The molecule has 192 valence electrons. The maximum Gasteiger partial charge on any atom is 0.251 e. The number of amides is 2. The quantitative estimate of drug-likeness (QED) is 0.258. The molecule has 0 radical (unpaired) electrons. The average Bonchev–Trinajstić information content (AvgIpc) is 2.95. The van der Waals surface area contributed by atoms with Crippen LogP contribution < -0.4 is 10.6 Å². The first-order valence-corrected chi connectivity index (χ1v) is 12.9. The molecular formula is C33H33N3O2. The van der Waals surface area contributed by atoms with Gasteiger partial charge in [0.05, 0.1) is 0 Å². The van der Waals surface area contributed by atoms with Crippen LogP contribution in [0.4, 0.5) is 5.69 Å². The molecule has 5 heteroatoms. The molecule has 2 amide bonds. The van der Waals surface area contributed by atoms with Crippen LogP contribution in [0.3, 0.4) is 0 Å². The number of nitrogens with zero attached hydrogens (tertiary/aromatic N) is 1. The van der Waals surface area contributed by atoms with Crippen LogP contribution in [-0.2, 0) is 17.9 Å². The number of benzene rings is 4. The molecule has 2 N–H and O–H groups in total. The summed E-state index contributed by atoms with van der Waals surface area (Å²) in [6, 6.07) is 36.8. The van der Waals surface area contributed by atoms with E-state index in [-0.39, 0.29) is 11.8 Å². The van der Waals surface area contributed by atoms with E-state index in [1.165, 1.54) is 0 Å². The van der Waals surface area contributed by atoms with Gasteiger partial charge in [-0.1, -0.05) is 103 Å². The zero-order valence-electron chi connectivity index (χ0n) is 21.6. The Balaban J connectivity index is 1.63. The molecule has 0 spiro atoms. The Morgan fingerprint density at radius 2 is 1.26 bits per heavy atom. The van der Waals surface area contributed by atoms with Crippen molar-refractivity contribution in [3.63, 3.8) is 0 Å². The van der Waals surface area contributed by atoms with Crippen molar-refractivity contribution in [3.05, 3.63) is 144 Å². The third-order valence-electron chi connectivity index (χ3n) is 6.14. The Kier molecular flexibility index (Phi) is 9.60. The van der Waals surface area contributed by atoms with E-state index in [4.69, 9.17) is 0 Å². The number of nitrogens with one attached hydrogen (secondary N) is 2. The fourth-order valence-corrected chi connectivity index (χ4v) is 4.21. The normalized spacial score (nSPS) is 11.8. The van der Waals surface area contributed by atoms with Gasteiger partial charge < -0.3 is 10.6 Å². The van der Waals surface area contributed by atoms with Crippen LogP contribution in [-0.4, -0.2) is 29.3 Å². The maximum absolute atomic E-state index is 13.8. The lowest BCUT2D eigenvalue weighted by Gasteiger charge is -2.29. The van der Waals surface area contributed by atoms with Crippen LogP contribution in [0.2, 0.25) is 0 Å². The monoisotopic (exact) mass is 503 g/mol. The van der Waals surface area contributed by atoms with Gasteiger partial charge in [-0.15, -0.1) is 0 Å². The summed E-state index contributed by atoms with van der Waals surface area (Å²) in [4.78, 5) is 28.1. The van der Waals surface area contributed by atoms with Crippen LogP contribution in [0.15, 0.2) is 121 Å². The summed E-state index contributed by atoms with van der Waals surface area (Å²) in [5.41, 5.74) is 4.47. The maximum atomic E-state index is 13.8. The van der Waals surface area contributed by atoms with Crippen molar-refractivity contribution >= 4 is 23.6 Å². The molecule has 38 heavy (non-hydrogen) atoms. The van der Waals surface area contributed by atoms with E-state index in [0.717, 1.165) is 16.7 Å². The SMILES string of the molecule is CCNC(=O)c1ccc(NC(=O)C(/C=C/c2ccccc2)N(Cc2ccccc2)Cc2ccccc2)cc1. The molecular weight excluding hydrogens is 470 g/mol. The van der Waals surface area contributed by atoms with Gasteiger partial charge in [0.25, 0.3) is 5.91 Å². The van der Waals surface area contributed by atoms with Gasteiger partial charge in [-0.2, -0.15) is 0 Å². The summed E-state index contributed by atoms with van der Waals surface area (Å²) < 4.78 is 0. The smallest absolute Gasteiger partial charge is 0.251 e. The fraction of sp³-hybridized carbons (Fsp3) is 0.152. The summed E-state index contributed by atoms with van der Waals surface area (Å²) in [7, 11) is 0. The summed E-state index contributed by atoms with van der Waals surface area (Å²) in [5.74, 6) is -0.277. The van der Waals surface area contributed by atoms with Gasteiger partial charge in [-0.3, -0.25) is 14.5 Å². The van der Waals surface area contributed by atoms with E-state index in [2.05, 4.69) is 39.8 Å². The van der Waals surface area contributed by atoms with Gasteiger partial charge in [0.1, 0.15) is 6.04 Å². The molecule has 1 atom stereocenters. The number of hydrogen-bond donors (Lipinski definition) is 2. The van der Waals surface area contributed by atoms with E-state index in [9.17, 15) is 9.59 Å². The lowest BCUT2D eigenvalue weighted by molar-refractivity contribution is -0.120. The molecule has 0 heterocycles. The third kappa shape index (κ3) is 7.76. The molecule has 0 bridgehead atoms. The van der Waals surface area contributed by atoms with Gasteiger partial charge in [-0.05, 0) is 47.9 Å². The number of carbonyl (C=O) groups is 2.